The van der Waals surface area contributed by atoms with Crippen LogP contribution in [0.1, 0.15) is 0 Å². The zero-order chi connectivity index (χ0) is 10.8. The van der Waals surface area contributed by atoms with Crippen LogP contribution in [0.3, 0.4) is 0 Å². The van der Waals surface area contributed by atoms with E-state index in [9.17, 15) is 8.78 Å². The molecule has 0 saturated carbocycles. The lowest BCUT2D eigenvalue weighted by Gasteiger charge is -2.08. The molecule has 1 aliphatic rings. The van der Waals surface area contributed by atoms with Crippen LogP contribution in [0.2, 0.25) is 5.02 Å². The van der Waals surface area contributed by atoms with Crippen LogP contribution >= 0.6 is 23.4 Å². The van der Waals surface area contributed by atoms with Gasteiger partial charge < -0.3 is 5.32 Å². The third-order valence-corrected chi connectivity index (χ3v) is 3.01. The first-order valence-electron chi connectivity index (χ1n) is 4.25. The summed E-state index contributed by atoms with van der Waals surface area (Å²) in [5, 5.41) is 3.37. The average molecular weight is 249 g/mol. The molecule has 0 unspecified atom stereocenters. The fraction of sp³-hybridized carbons (Fsp3) is 0.222. The molecule has 0 radical (unpaired) electrons. The van der Waals surface area contributed by atoms with E-state index in [1.54, 1.807) is 0 Å². The number of anilines is 1. The number of hydrogen-bond donors (Lipinski definition) is 1. The molecule has 0 atom stereocenters. The molecule has 1 N–H and O–H groups in total. The van der Waals surface area contributed by atoms with Crippen molar-refractivity contribution in [3.8, 4) is 0 Å². The second-order valence-electron chi connectivity index (χ2n) is 2.90. The van der Waals surface area contributed by atoms with Gasteiger partial charge >= 0.3 is 0 Å². The third kappa shape index (κ3) is 2.41. The van der Waals surface area contributed by atoms with Crippen molar-refractivity contribution in [1.82, 2.24) is 0 Å². The summed E-state index contributed by atoms with van der Waals surface area (Å²) in [6.07, 6.45) is 0. The predicted octanol–water partition coefficient (Wildman–Crippen LogP) is 3.13. The van der Waals surface area contributed by atoms with E-state index in [0.717, 1.165) is 17.9 Å². The molecular weight excluding hydrogens is 242 g/mol. The van der Waals surface area contributed by atoms with Gasteiger partial charge in [0.15, 0.2) is 11.0 Å². The van der Waals surface area contributed by atoms with Gasteiger partial charge in [0.1, 0.15) is 5.82 Å². The van der Waals surface area contributed by atoms with E-state index in [2.05, 4.69) is 10.3 Å². The Kier molecular flexibility index (Phi) is 3.11. The number of amidine groups is 1. The normalized spacial score (nSPS) is 15.3. The molecule has 6 heteroatoms. The van der Waals surface area contributed by atoms with Gasteiger partial charge in [-0.25, -0.2) is 8.78 Å². The van der Waals surface area contributed by atoms with Crippen molar-refractivity contribution in [2.75, 3.05) is 17.6 Å². The number of nitrogens with zero attached hydrogens (tertiary/aromatic N) is 1. The number of benzene rings is 1. The first kappa shape index (κ1) is 10.7. The maximum Gasteiger partial charge on any atom is 0.161 e. The number of hydrogen-bond acceptors (Lipinski definition) is 3. The van der Waals surface area contributed by atoms with Gasteiger partial charge in [0, 0.05) is 11.8 Å². The summed E-state index contributed by atoms with van der Waals surface area (Å²) in [4.78, 5) is 4.09. The Morgan fingerprint density at radius 2 is 2.20 bits per heavy atom. The lowest BCUT2D eigenvalue weighted by atomic mass is 10.3. The largest absolute Gasteiger partial charge is 0.331 e. The molecule has 0 aliphatic carbocycles. The summed E-state index contributed by atoms with van der Waals surface area (Å²) in [7, 11) is 0. The van der Waals surface area contributed by atoms with Crippen LogP contribution in [-0.2, 0) is 0 Å². The molecule has 1 aromatic carbocycles. The van der Waals surface area contributed by atoms with E-state index in [-0.39, 0.29) is 10.7 Å². The second kappa shape index (κ2) is 4.37. The van der Waals surface area contributed by atoms with Crippen LogP contribution in [0.25, 0.3) is 0 Å². The van der Waals surface area contributed by atoms with Crippen LogP contribution in [-0.4, -0.2) is 17.5 Å². The van der Waals surface area contributed by atoms with Crippen molar-refractivity contribution in [2.24, 2.45) is 4.99 Å². The van der Waals surface area contributed by atoms with Crippen molar-refractivity contribution in [3.63, 3.8) is 0 Å². The number of aliphatic imine (C=N–C) groups is 1. The SMILES string of the molecule is Fc1cc(F)c(NC2=NCCS2)c(Cl)c1. The Labute approximate surface area is 94.7 Å². The van der Waals surface area contributed by atoms with Gasteiger partial charge in [0.05, 0.1) is 17.3 Å². The highest BCUT2D eigenvalue weighted by molar-refractivity contribution is 8.14. The molecule has 0 aromatic heterocycles. The summed E-state index contributed by atoms with van der Waals surface area (Å²) in [6.45, 7) is 0.702. The summed E-state index contributed by atoms with van der Waals surface area (Å²) >= 11 is 7.19. The second-order valence-corrected chi connectivity index (χ2v) is 4.40. The molecule has 0 spiro atoms. The van der Waals surface area contributed by atoms with E-state index in [1.807, 2.05) is 0 Å². The summed E-state index contributed by atoms with van der Waals surface area (Å²) in [5.41, 5.74) is 0.0752. The van der Waals surface area contributed by atoms with Crippen molar-refractivity contribution in [3.05, 3.63) is 28.8 Å². The summed E-state index contributed by atoms with van der Waals surface area (Å²) in [5.74, 6) is -0.540. The van der Waals surface area contributed by atoms with Crippen LogP contribution in [0.15, 0.2) is 17.1 Å². The highest BCUT2D eigenvalue weighted by atomic mass is 35.5. The lowest BCUT2D eigenvalue weighted by molar-refractivity contribution is 0.586. The molecule has 1 aromatic rings. The topological polar surface area (TPSA) is 24.4 Å². The maximum atomic E-state index is 13.3. The molecule has 0 saturated heterocycles. The van der Waals surface area contributed by atoms with Crippen molar-refractivity contribution in [2.45, 2.75) is 0 Å². The number of rotatable bonds is 1. The average Bonchev–Trinajstić information content (AvgIpc) is 2.63. The van der Waals surface area contributed by atoms with Gasteiger partial charge in [0.25, 0.3) is 0 Å². The quantitative estimate of drug-likeness (QED) is 0.826. The molecule has 1 aliphatic heterocycles. The molecular formula is C9H7ClF2N2S. The van der Waals surface area contributed by atoms with Gasteiger partial charge in [-0.15, -0.1) is 0 Å². The standard InChI is InChI=1S/C9H7ClF2N2S/c10-6-3-5(11)4-7(12)8(6)14-9-13-1-2-15-9/h3-4H,1-2H2,(H,13,14). The highest BCUT2D eigenvalue weighted by Gasteiger charge is 2.14. The Morgan fingerprint density at radius 3 is 2.80 bits per heavy atom. The molecule has 2 rings (SSSR count). The Bertz CT molecular complexity index is 400. The first-order valence-corrected chi connectivity index (χ1v) is 5.62. The molecule has 1 heterocycles. The van der Waals surface area contributed by atoms with E-state index in [1.165, 1.54) is 11.8 Å². The fourth-order valence-electron chi connectivity index (χ4n) is 1.18. The molecule has 2 nitrogen and oxygen atoms in total. The number of halogens is 3. The molecule has 0 amide bonds. The van der Waals surface area contributed by atoms with Gasteiger partial charge in [-0.1, -0.05) is 23.4 Å². The first-order chi connectivity index (χ1) is 7.16. The minimum atomic E-state index is -0.713. The van der Waals surface area contributed by atoms with Crippen molar-refractivity contribution >= 4 is 34.2 Å². The van der Waals surface area contributed by atoms with E-state index in [0.29, 0.717) is 11.7 Å². The van der Waals surface area contributed by atoms with E-state index in [4.69, 9.17) is 11.6 Å². The minimum absolute atomic E-state index is 0.0164. The third-order valence-electron chi connectivity index (χ3n) is 1.82. The van der Waals surface area contributed by atoms with E-state index < -0.39 is 11.6 Å². The Hall–Kier alpha value is -0.810. The molecule has 0 fully saturated rings. The lowest BCUT2D eigenvalue weighted by Crippen LogP contribution is -2.07. The van der Waals surface area contributed by atoms with Crippen molar-refractivity contribution < 1.29 is 8.78 Å². The highest BCUT2D eigenvalue weighted by Crippen LogP contribution is 2.28. The summed E-state index contributed by atoms with van der Waals surface area (Å²) < 4.78 is 26.0. The number of nitrogens with one attached hydrogen (secondary N) is 1. The zero-order valence-corrected chi connectivity index (χ0v) is 9.13. The summed E-state index contributed by atoms with van der Waals surface area (Å²) in [6, 6.07) is 1.85. The smallest absolute Gasteiger partial charge is 0.161 e. The van der Waals surface area contributed by atoms with Crippen LogP contribution in [0.5, 0.6) is 0 Å². The molecule has 80 valence electrons. The number of thioether (sulfide) groups is 1. The fourth-order valence-corrected chi connectivity index (χ4v) is 2.15. The van der Waals surface area contributed by atoms with Gasteiger partial charge in [0.2, 0.25) is 0 Å². The van der Waals surface area contributed by atoms with Gasteiger partial charge in [-0.2, -0.15) is 0 Å². The van der Waals surface area contributed by atoms with Crippen LogP contribution in [0, 0.1) is 11.6 Å². The predicted molar refractivity (Wildman–Crippen MR) is 59.8 cm³/mol. The van der Waals surface area contributed by atoms with Crippen LogP contribution < -0.4 is 5.32 Å². The van der Waals surface area contributed by atoms with Crippen molar-refractivity contribution in [1.29, 1.82) is 0 Å². The van der Waals surface area contributed by atoms with E-state index >= 15 is 0 Å². The van der Waals surface area contributed by atoms with Gasteiger partial charge in [-0.05, 0) is 6.07 Å². The van der Waals surface area contributed by atoms with Crippen LogP contribution in [0.4, 0.5) is 14.5 Å². The maximum absolute atomic E-state index is 13.3. The monoisotopic (exact) mass is 248 g/mol. The zero-order valence-electron chi connectivity index (χ0n) is 7.56. The Balaban J connectivity index is 2.27. The minimum Gasteiger partial charge on any atom is -0.331 e. The molecule has 15 heavy (non-hydrogen) atoms. The Morgan fingerprint density at radius 1 is 1.40 bits per heavy atom. The van der Waals surface area contributed by atoms with Gasteiger partial charge in [-0.3, -0.25) is 4.99 Å². The molecule has 0 bridgehead atoms.